The van der Waals surface area contributed by atoms with Crippen molar-refractivity contribution in [3.05, 3.63) is 35.9 Å². The van der Waals surface area contributed by atoms with Gasteiger partial charge >= 0.3 is 6.03 Å². The summed E-state index contributed by atoms with van der Waals surface area (Å²) in [5.74, 6) is -0.0104. The number of likely N-dealkylation sites (tertiary alicyclic amines) is 1. The Morgan fingerprint density at radius 2 is 1.76 bits per heavy atom. The van der Waals surface area contributed by atoms with Crippen molar-refractivity contribution in [1.82, 2.24) is 20.9 Å². The first kappa shape index (κ1) is 23.2. The summed E-state index contributed by atoms with van der Waals surface area (Å²) < 4.78 is 0. The van der Waals surface area contributed by atoms with E-state index in [1.54, 1.807) is 0 Å². The molecule has 1 aromatic rings. The number of benzene rings is 1. The predicted molar refractivity (Wildman–Crippen MR) is 118 cm³/mol. The lowest BCUT2D eigenvalue weighted by Gasteiger charge is -2.34. The standard InChI is InChI=1S/C23H38N4O2/c1-6-17(2)20(25-22(29)26-23(3,4)5)21(28)24-19-12-14-27(15-13-19)16-18-10-8-7-9-11-18/h7-11,17,19-20H,6,12-16H2,1-5H3,(H,24,28)(H2,25,26,29). The van der Waals surface area contributed by atoms with Crippen molar-refractivity contribution in [2.24, 2.45) is 5.92 Å². The Hall–Kier alpha value is -2.08. The third-order valence-electron chi connectivity index (χ3n) is 5.45. The van der Waals surface area contributed by atoms with E-state index in [0.717, 1.165) is 38.9 Å². The third kappa shape index (κ3) is 8.05. The van der Waals surface area contributed by atoms with Crippen molar-refractivity contribution in [2.75, 3.05) is 13.1 Å². The van der Waals surface area contributed by atoms with Gasteiger partial charge in [0.25, 0.3) is 0 Å². The SMILES string of the molecule is CCC(C)C(NC(=O)NC(C)(C)C)C(=O)NC1CCN(Cc2ccccc2)CC1. The normalized spacial score (nSPS) is 18.0. The van der Waals surface area contributed by atoms with Gasteiger partial charge in [0.05, 0.1) is 0 Å². The molecule has 2 unspecified atom stereocenters. The van der Waals surface area contributed by atoms with Gasteiger partial charge in [-0.2, -0.15) is 0 Å². The summed E-state index contributed by atoms with van der Waals surface area (Å²) in [6.45, 7) is 12.7. The van der Waals surface area contributed by atoms with Gasteiger partial charge in [-0.15, -0.1) is 0 Å². The predicted octanol–water partition coefficient (Wildman–Crippen LogP) is 3.28. The lowest BCUT2D eigenvalue weighted by Crippen LogP contribution is -2.57. The summed E-state index contributed by atoms with van der Waals surface area (Å²) in [5, 5.41) is 8.94. The van der Waals surface area contributed by atoms with Crippen LogP contribution in [0.15, 0.2) is 30.3 Å². The van der Waals surface area contributed by atoms with Crippen LogP contribution in [-0.4, -0.2) is 47.6 Å². The van der Waals surface area contributed by atoms with E-state index < -0.39 is 6.04 Å². The molecule has 0 radical (unpaired) electrons. The Bertz CT molecular complexity index is 649. The van der Waals surface area contributed by atoms with Crippen molar-refractivity contribution >= 4 is 11.9 Å². The summed E-state index contributed by atoms with van der Waals surface area (Å²) in [6.07, 6.45) is 2.68. The van der Waals surface area contributed by atoms with Gasteiger partial charge in [0.2, 0.25) is 5.91 Å². The topological polar surface area (TPSA) is 73.5 Å². The van der Waals surface area contributed by atoms with Gasteiger partial charge in [-0.05, 0) is 45.1 Å². The van der Waals surface area contributed by atoms with E-state index in [1.165, 1.54) is 5.56 Å². The average molecular weight is 403 g/mol. The number of carbonyl (C=O) groups excluding carboxylic acids is 2. The third-order valence-corrected chi connectivity index (χ3v) is 5.45. The van der Waals surface area contributed by atoms with Crippen molar-refractivity contribution in [3.63, 3.8) is 0 Å². The Balaban J connectivity index is 1.85. The molecular weight excluding hydrogens is 364 g/mol. The van der Waals surface area contributed by atoms with Crippen molar-refractivity contribution in [3.8, 4) is 0 Å². The monoisotopic (exact) mass is 402 g/mol. The number of piperidine rings is 1. The maximum atomic E-state index is 12.9. The Kier molecular flexibility index (Phi) is 8.50. The highest BCUT2D eigenvalue weighted by atomic mass is 16.2. The number of urea groups is 1. The van der Waals surface area contributed by atoms with Crippen LogP contribution in [-0.2, 0) is 11.3 Å². The number of hydrogen-bond acceptors (Lipinski definition) is 3. The number of rotatable bonds is 7. The molecule has 29 heavy (non-hydrogen) atoms. The average Bonchev–Trinajstić information content (AvgIpc) is 2.66. The number of hydrogen-bond donors (Lipinski definition) is 3. The molecule has 6 nitrogen and oxygen atoms in total. The first-order valence-electron chi connectivity index (χ1n) is 10.8. The molecule has 1 fully saturated rings. The zero-order chi connectivity index (χ0) is 21.4. The van der Waals surface area contributed by atoms with Gasteiger partial charge in [-0.25, -0.2) is 4.79 Å². The maximum absolute atomic E-state index is 12.9. The molecule has 3 amide bonds. The van der Waals surface area contributed by atoms with Gasteiger partial charge in [0.1, 0.15) is 6.04 Å². The molecule has 0 spiro atoms. The lowest BCUT2D eigenvalue weighted by molar-refractivity contribution is -0.125. The lowest BCUT2D eigenvalue weighted by atomic mass is 9.97. The molecule has 2 rings (SSSR count). The molecule has 6 heteroatoms. The molecule has 0 bridgehead atoms. The van der Waals surface area contributed by atoms with E-state index in [9.17, 15) is 9.59 Å². The number of carbonyl (C=O) groups is 2. The second-order valence-electron chi connectivity index (χ2n) is 9.26. The highest BCUT2D eigenvalue weighted by Gasteiger charge is 2.29. The summed E-state index contributed by atoms with van der Waals surface area (Å²) in [7, 11) is 0. The summed E-state index contributed by atoms with van der Waals surface area (Å²) >= 11 is 0. The first-order chi connectivity index (χ1) is 13.7. The van der Waals surface area contributed by atoms with Crippen molar-refractivity contribution < 1.29 is 9.59 Å². The molecule has 2 atom stereocenters. The molecule has 0 aliphatic carbocycles. The van der Waals surface area contributed by atoms with Crippen LogP contribution in [0.1, 0.15) is 59.4 Å². The Labute approximate surface area is 175 Å². The summed E-state index contributed by atoms with van der Waals surface area (Å²) in [4.78, 5) is 27.6. The smallest absolute Gasteiger partial charge is 0.315 e. The summed E-state index contributed by atoms with van der Waals surface area (Å²) in [6, 6.07) is 9.82. The van der Waals surface area contributed by atoms with E-state index in [-0.39, 0.29) is 29.4 Å². The summed E-state index contributed by atoms with van der Waals surface area (Å²) in [5.41, 5.74) is 0.979. The number of nitrogens with zero attached hydrogens (tertiary/aromatic N) is 1. The fraction of sp³-hybridized carbons (Fsp3) is 0.652. The van der Waals surface area contributed by atoms with E-state index in [0.29, 0.717) is 0 Å². The second kappa shape index (κ2) is 10.6. The zero-order valence-corrected chi connectivity index (χ0v) is 18.6. The molecule has 162 valence electrons. The quantitative estimate of drug-likeness (QED) is 0.655. The minimum atomic E-state index is -0.523. The fourth-order valence-electron chi connectivity index (χ4n) is 3.59. The fourth-order valence-corrected chi connectivity index (χ4v) is 3.59. The molecule has 1 aliphatic rings. The van der Waals surface area contributed by atoms with Gasteiger partial charge in [0.15, 0.2) is 0 Å². The van der Waals surface area contributed by atoms with Crippen LogP contribution in [0, 0.1) is 5.92 Å². The van der Waals surface area contributed by atoms with E-state index in [4.69, 9.17) is 0 Å². The van der Waals surface area contributed by atoms with Crippen molar-refractivity contribution in [2.45, 2.75) is 78.0 Å². The minimum Gasteiger partial charge on any atom is -0.351 e. The minimum absolute atomic E-state index is 0.0684. The molecular formula is C23H38N4O2. The highest BCUT2D eigenvalue weighted by molar-refractivity contribution is 5.87. The molecule has 3 N–H and O–H groups in total. The van der Waals surface area contributed by atoms with Crippen LogP contribution in [0.3, 0.4) is 0 Å². The van der Waals surface area contributed by atoms with Crippen LogP contribution < -0.4 is 16.0 Å². The van der Waals surface area contributed by atoms with Crippen LogP contribution in [0.5, 0.6) is 0 Å². The Morgan fingerprint density at radius 1 is 1.14 bits per heavy atom. The molecule has 0 aromatic heterocycles. The van der Waals surface area contributed by atoms with Gasteiger partial charge in [-0.3, -0.25) is 9.69 Å². The molecule has 0 saturated carbocycles. The first-order valence-corrected chi connectivity index (χ1v) is 10.8. The van der Waals surface area contributed by atoms with E-state index >= 15 is 0 Å². The highest BCUT2D eigenvalue weighted by Crippen LogP contribution is 2.15. The maximum Gasteiger partial charge on any atom is 0.315 e. The van der Waals surface area contributed by atoms with Gasteiger partial charge in [-0.1, -0.05) is 50.6 Å². The zero-order valence-electron chi connectivity index (χ0n) is 18.6. The van der Waals surface area contributed by atoms with Gasteiger partial charge < -0.3 is 16.0 Å². The van der Waals surface area contributed by atoms with E-state index in [2.05, 4.69) is 45.1 Å². The van der Waals surface area contributed by atoms with Crippen molar-refractivity contribution in [1.29, 1.82) is 0 Å². The van der Waals surface area contributed by atoms with E-state index in [1.807, 2.05) is 40.7 Å². The Morgan fingerprint density at radius 3 is 2.31 bits per heavy atom. The second-order valence-corrected chi connectivity index (χ2v) is 9.26. The van der Waals surface area contributed by atoms with Gasteiger partial charge in [0, 0.05) is 31.2 Å². The van der Waals surface area contributed by atoms with Crippen LogP contribution in [0.4, 0.5) is 4.79 Å². The van der Waals surface area contributed by atoms with Crippen LogP contribution in [0.2, 0.25) is 0 Å². The number of amides is 3. The molecule has 1 heterocycles. The molecule has 1 aliphatic heterocycles. The van der Waals surface area contributed by atoms with Crippen LogP contribution in [0.25, 0.3) is 0 Å². The molecule has 1 saturated heterocycles. The number of nitrogens with one attached hydrogen (secondary N) is 3. The largest absolute Gasteiger partial charge is 0.351 e. The van der Waals surface area contributed by atoms with Crippen LogP contribution >= 0.6 is 0 Å². The molecule has 1 aromatic carbocycles.